The third kappa shape index (κ3) is 4.25. The van der Waals surface area contributed by atoms with Gasteiger partial charge >= 0.3 is 6.18 Å². The Morgan fingerprint density at radius 1 is 1.05 bits per heavy atom. The van der Waals surface area contributed by atoms with Crippen molar-refractivity contribution in [3.05, 3.63) is 65.2 Å². The number of ether oxygens (including phenoxy) is 1. The maximum Gasteiger partial charge on any atom is 0.416 e. The molecular formula is C16H14F3NO2. The summed E-state index contributed by atoms with van der Waals surface area (Å²) in [6.45, 7) is 0.0871. The van der Waals surface area contributed by atoms with Crippen molar-refractivity contribution in [3.63, 3.8) is 0 Å². The number of rotatable bonds is 5. The van der Waals surface area contributed by atoms with Crippen molar-refractivity contribution in [2.45, 2.75) is 12.8 Å². The average molecular weight is 309 g/mol. The molecule has 0 spiro atoms. The van der Waals surface area contributed by atoms with Gasteiger partial charge in [0, 0.05) is 5.56 Å². The van der Waals surface area contributed by atoms with E-state index in [0.717, 1.165) is 17.7 Å². The fourth-order valence-electron chi connectivity index (χ4n) is 1.77. The Hall–Kier alpha value is -2.50. The van der Waals surface area contributed by atoms with E-state index in [1.807, 2.05) is 18.2 Å². The summed E-state index contributed by atoms with van der Waals surface area (Å²) in [5.74, 6) is 0.657. The van der Waals surface area contributed by atoms with Gasteiger partial charge in [-0.3, -0.25) is 0 Å². The fourth-order valence-corrected chi connectivity index (χ4v) is 1.77. The van der Waals surface area contributed by atoms with Crippen LogP contribution in [0.5, 0.6) is 5.75 Å². The molecule has 116 valence electrons. The molecule has 0 saturated carbocycles. The summed E-state index contributed by atoms with van der Waals surface area (Å²) in [5.41, 5.74) is 0.663. The lowest BCUT2D eigenvalue weighted by Gasteiger charge is -2.07. The van der Waals surface area contributed by atoms with Crippen LogP contribution >= 0.6 is 0 Å². The molecule has 2 aromatic carbocycles. The number of halogens is 3. The highest BCUT2D eigenvalue weighted by Gasteiger charge is 2.29. The van der Waals surface area contributed by atoms with E-state index in [0.29, 0.717) is 11.3 Å². The van der Waals surface area contributed by atoms with E-state index in [-0.39, 0.29) is 6.61 Å². The Labute approximate surface area is 126 Å². The molecule has 2 aromatic rings. The molecule has 0 unspecified atom stereocenters. The number of hydrogen-bond donors (Lipinski definition) is 0. The van der Waals surface area contributed by atoms with Crippen LogP contribution in [0, 0.1) is 0 Å². The molecule has 0 amide bonds. The molecule has 0 saturated heterocycles. The maximum absolute atomic E-state index is 12.4. The Kier molecular flexibility index (Phi) is 5.04. The van der Waals surface area contributed by atoms with Crippen molar-refractivity contribution in [3.8, 4) is 5.75 Å². The van der Waals surface area contributed by atoms with Crippen LogP contribution in [0.2, 0.25) is 0 Å². The molecule has 0 aliphatic carbocycles. The van der Waals surface area contributed by atoms with Gasteiger partial charge in [0.2, 0.25) is 0 Å². The highest BCUT2D eigenvalue weighted by atomic mass is 19.4. The second kappa shape index (κ2) is 6.98. The third-order valence-electron chi connectivity index (χ3n) is 2.92. The first-order valence-corrected chi connectivity index (χ1v) is 6.45. The molecule has 0 heterocycles. The van der Waals surface area contributed by atoms with Crippen LogP contribution in [0.3, 0.4) is 0 Å². The SMILES string of the molecule is COc1ccccc1C=NOCc1ccc(C(F)(F)F)cc1. The molecule has 2 rings (SSSR count). The van der Waals surface area contributed by atoms with Crippen molar-refractivity contribution in [1.29, 1.82) is 0 Å². The van der Waals surface area contributed by atoms with Gasteiger partial charge in [-0.15, -0.1) is 0 Å². The van der Waals surface area contributed by atoms with Crippen LogP contribution in [-0.2, 0) is 17.6 Å². The van der Waals surface area contributed by atoms with Gasteiger partial charge in [-0.25, -0.2) is 0 Å². The maximum atomic E-state index is 12.4. The standard InChI is InChI=1S/C16H14F3NO2/c1-21-15-5-3-2-4-13(15)10-20-22-11-12-6-8-14(9-7-12)16(17,18)19/h2-10H,11H2,1H3. The normalized spacial score (nSPS) is 11.6. The number of hydrogen-bond acceptors (Lipinski definition) is 3. The Bertz CT molecular complexity index is 637. The van der Waals surface area contributed by atoms with Gasteiger partial charge in [-0.2, -0.15) is 13.2 Å². The van der Waals surface area contributed by atoms with Crippen LogP contribution in [0.1, 0.15) is 16.7 Å². The highest BCUT2D eigenvalue weighted by Crippen LogP contribution is 2.29. The van der Waals surface area contributed by atoms with Gasteiger partial charge in [0.1, 0.15) is 12.4 Å². The third-order valence-corrected chi connectivity index (χ3v) is 2.92. The number of methoxy groups -OCH3 is 1. The van der Waals surface area contributed by atoms with Gasteiger partial charge in [-0.1, -0.05) is 29.4 Å². The zero-order valence-electron chi connectivity index (χ0n) is 11.8. The number of para-hydroxylation sites is 1. The minimum absolute atomic E-state index is 0.0871. The molecule has 0 aliphatic rings. The lowest BCUT2D eigenvalue weighted by atomic mass is 10.1. The summed E-state index contributed by atoms with van der Waals surface area (Å²) in [6, 6.07) is 12.0. The summed E-state index contributed by atoms with van der Waals surface area (Å²) in [4.78, 5) is 5.08. The fraction of sp³-hybridized carbons (Fsp3) is 0.188. The summed E-state index contributed by atoms with van der Waals surface area (Å²) in [7, 11) is 1.55. The Balaban J connectivity index is 1.92. The largest absolute Gasteiger partial charge is 0.496 e. The minimum atomic E-state index is -4.33. The molecule has 6 heteroatoms. The Morgan fingerprint density at radius 3 is 2.36 bits per heavy atom. The molecule has 0 bridgehead atoms. The lowest BCUT2D eigenvalue weighted by molar-refractivity contribution is -0.137. The molecule has 0 fully saturated rings. The number of alkyl halides is 3. The molecule has 0 radical (unpaired) electrons. The molecule has 0 aromatic heterocycles. The monoisotopic (exact) mass is 309 g/mol. The first kappa shape index (κ1) is 15.9. The first-order chi connectivity index (χ1) is 10.5. The van der Waals surface area contributed by atoms with E-state index in [1.54, 1.807) is 13.2 Å². The van der Waals surface area contributed by atoms with E-state index in [2.05, 4.69) is 5.16 Å². The molecule has 3 nitrogen and oxygen atoms in total. The Morgan fingerprint density at radius 2 is 1.73 bits per heavy atom. The van der Waals surface area contributed by atoms with Crippen molar-refractivity contribution in [2.75, 3.05) is 7.11 Å². The highest BCUT2D eigenvalue weighted by molar-refractivity contribution is 5.82. The summed E-state index contributed by atoms with van der Waals surface area (Å²) >= 11 is 0. The first-order valence-electron chi connectivity index (χ1n) is 6.45. The predicted octanol–water partition coefficient (Wildman–Crippen LogP) is 4.26. The van der Waals surface area contributed by atoms with E-state index in [9.17, 15) is 13.2 Å². The summed E-state index contributed by atoms with van der Waals surface area (Å²) in [5, 5.41) is 3.79. The van der Waals surface area contributed by atoms with Gasteiger partial charge in [-0.05, 0) is 29.8 Å². The van der Waals surface area contributed by atoms with Crippen molar-refractivity contribution < 1.29 is 22.7 Å². The van der Waals surface area contributed by atoms with Crippen LogP contribution < -0.4 is 4.74 Å². The lowest BCUT2D eigenvalue weighted by Crippen LogP contribution is -2.04. The van der Waals surface area contributed by atoms with Crippen LogP contribution in [0.4, 0.5) is 13.2 Å². The zero-order valence-corrected chi connectivity index (χ0v) is 11.8. The summed E-state index contributed by atoms with van der Waals surface area (Å²) < 4.78 is 42.4. The second-order valence-corrected chi connectivity index (χ2v) is 4.44. The van der Waals surface area contributed by atoms with Crippen LogP contribution in [0.15, 0.2) is 53.7 Å². The van der Waals surface area contributed by atoms with Crippen molar-refractivity contribution >= 4 is 6.21 Å². The smallest absolute Gasteiger partial charge is 0.416 e. The predicted molar refractivity (Wildman–Crippen MR) is 76.8 cm³/mol. The molecule has 0 atom stereocenters. The molecule has 0 aliphatic heterocycles. The quantitative estimate of drug-likeness (QED) is 0.610. The van der Waals surface area contributed by atoms with Gasteiger partial charge < -0.3 is 9.57 Å². The van der Waals surface area contributed by atoms with E-state index < -0.39 is 11.7 Å². The average Bonchev–Trinajstić information content (AvgIpc) is 2.51. The number of nitrogens with zero attached hydrogens (tertiary/aromatic N) is 1. The van der Waals surface area contributed by atoms with Crippen LogP contribution in [0.25, 0.3) is 0 Å². The van der Waals surface area contributed by atoms with Gasteiger partial charge in [0.15, 0.2) is 0 Å². The van der Waals surface area contributed by atoms with E-state index in [4.69, 9.17) is 9.57 Å². The van der Waals surface area contributed by atoms with Gasteiger partial charge in [0.05, 0.1) is 18.9 Å². The van der Waals surface area contributed by atoms with Crippen LogP contribution in [-0.4, -0.2) is 13.3 Å². The molecule has 0 N–H and O–H groups in total. The van der Waals surface area contributed by atoms with E-state index in [1.165, 1.54) is 18.3 Å². The second-order valence-electron chi connectivity index (χ2n) is 4.44. The van der Waals surface area contributed by atoms with Crippen molar-refractivity contribution in [2.24, 2.45) is 5.16 Å². The van der Waals surface area contributed by atoms with Gasteiger partial charge in [0.25, 0.3) is 0 Å². The topological polar surface area (TPSA) is 30.8 Å². The van der Waals surface area contributed by atoms with E-state index >= 15 is 0 Å². The zero-order chi connectivity index (χ0) is 16.0. The molecule has 22 heavy (non-hydrogen) atoms. The molecular weight excluding hydrogens is 295 g/mol. The number of benzene rings is 2. The summed E-state index contributed by atoms with van der Waals surface area (Å²) in [6.07, 6.45) is -2.84. The number of oxime groups is 1. The van der Waals surface area contributed by atoms with Crippen molar-refractivity contribution in [1.82, 2.24) is 0 Å². The minimum Gasteiger partial charge on any atom is -0.496 e.